The second-order valence-corrected chi connectivity index (χ2v) is 2.72. The molecule has 2 N–H and O–H groups in total. The predicted molar refractivity (Wildman–Crippen MR) is 33.1 cm³/mol. The normalized spacial score (nSPS) is 32.7. The van der Waals surface area contributed by atoms with Crippen LogP contribution in [0.3, 0.4) is 0 Å². The molecule has 1 saturated heterocycles. The maximum Gasteiger partial charge on any atom is 0.403 e. The van der Waals surface area contributed by atoms with E-state index in [0.717, 1.165) is 0 Å². The second kappa shape index (κ2) is 2.98. The van der Waals surface area contributed by atoms with Gasteiger partial charge in [-0.05, 0) is 12.8 Å². The summed E-state index contributed by atoms with van der Waals surface area (Å²) in [6, 6.07) is -1.79. The van der Waals surface area contributed by atoms with Gasteiger partial charge in [0.2, 0.25) is 0 Å². The van der Waals surface area contributed by atoms with Crippen molar-refractivity contribution in [2.45, 2.75) is 31.1 Å². The van der Waals surface area contributed by atoms with Gasteiger partial charge in [0.15, 0.2) is 0 Å². The molecule has 1 fully saturated rings. The molecule has 0 saturated carbocycles. The number of halogens is 3. The zero-order chi connectivity index (χ0) is 8.48. The summed E-state index contributed by atoms with van der Waals surface area (Å²) in [6.45, 7) is -0.216. The third kappa shape index (κ3) is 2.07. The number of nitrogens with one attached hydrogen (secondary N) is 1. The summed E-state index contributed by atoms with van der Waals surface area (Å²) in [5.74, 6) is 0. The third-order valence-corrected chi connectivity index (χ3v) is 1.86. The maximum absolute atomic E-state index is 11.9. The van der Waals surface area contributed by atoms with E-state index in [-0.39, 0.29) is 19.1 Å². The summed E-state index contributed by atoms with van der Waals surface area (Å²) in [5.41, 5.74) is 0. The molecule has 2 nitrogen and oxygen atoms in total. The van der Waals surface area contributed by atoms with Crippen molar-refractivity contribution in [2.75, 3.05) is 6.61 Å². The van der Waals surface area contributed by atoms with Gasteiger partial charge in [0, 0.05) is 6.04 Å². The number of alkyl halides is 3. The zero-order valence-electron chi connectivity index (χ0n) is 5.86. The van der Waals surface area contributed by atoms with Crippen LogP contribution in [-0.2, 0) is 0 Å². The fraction of sp³-hybridized carbons (Fsp3) is 1.00. The molecule has 0 bridgehead atoms. The summed E-state index contributed by atoms with van der Waals surface area (Å²) in [5, 5.41) is 10.8. The van der Waals surface area contributed by atoms with Crippen molar-refractivity contribution in [3.8, 4) is 0 Å². The molecule has 1 aliphatic rings. The number of aliphatic hydroxyl groups is 1. The van der Waals surface area contributed by atoms with Crippen LogP contribution in [0.25, 0.3) is 0 Å². The summed E-state index contributed by atoms with van der Waals surface area (Å²) >= 11 is 0. The number of aliphatic hydroxyl groups excluding tert-OH is 1. The van der Waals surface area contributed by atoms with Crippen LogP contribution in [0.4, 0.5) is 13.2 Å². The monoisotopic (exact) mass is 169 g/mol. The maximum atomic E-state index is 11.9. The minimum absolute atomic E-state index is 0.0781. The van der Waals surface area contributed by atoms with Gasteiger partial charge in [-0.25, -0.2) is 0 Å². The molecule has 66 valence electrons. The van der Waals surface area contributed by atoms with E-state index in [9.17, 15) is 13.2 Å². The lowest BCUT2D eigenvalue weighted by Gasteiger charge is -2.15. The van der Waals surface area contributed by atoms with Gasteiger partial charge >= 0.3 is 6.18 Å². The Morgan fingerprint density at radius 3 is 2.27 bits per heavy atom. The molecule has 0 aliphatic carbocycles. The van der Waals surface area contributed by atoms with Crippen LogP contribution in [0.5, 0.6) is 0 Å². The molecule has 0 aromatic carbocycles. The van der Waals surface area contributed by atoms with Crippen molar-refractivity contribution in [1.29, 1.82) is 0 Å². The zero-order valence-corrected chi connectivity index (χ0v) is 5.86. The minimum Gasteiger partial charge on any atom is -0.395 e. The largest absolute Gasteiger partial charge is 0.403 e. The highest BCUT2D eigenvalue weighted by atomic mass is 19.4. The lowest BCUT2D eigenvalue weighted by molar-refractivity contribution is -0.152. The predicted octanol–water partition coefficient (Wildman–Crippen LogP) is 0.662. The summed E-state index contributed by atoms with van der Waals surface area (Å²) in [7, 11) is 0. The first-order valence-electron chi connectivity index (χ1n) is 3.47. The van der Waals surface area contributed by atoms with Gasteiger partial charge in [-0.15, -0.1) is 0 Å². The van der Waals surface area contributed by atoms with Gasteiger partial charge in [0.25, 0.3) is 0 Å². The van der Waals surface area contributed by atoms with Crippen molar-refractivity contribution in [1.82, 2.24) is 5.32 Å². The molecule has 11 heavy (non-hydrogen) atoms. The topological polar surface area (TPSA) is 32.3 Å². The van der Waals surface area contributed by atoms with Crippen LogP contribution < -0.4 is 5.32 Å². The van der Waals surface area contributed by atoms with Crippen LogP contribution in [0.2, 0.25) is 0 Å². The van der Waals surface area contributed by atoms with Crippen molar-refractivity contribution in [3.63, 3.8) is 0 Å². The Morgan fingerprint density at radius 1 is 1.36 bits per heavy atom. The Kier molecular flexibility index (Phi) is 2.39. The van der Waals surface area contributed by atoms with Gasteiger partial charge < -0.3 is 10.4 Å². The van der Waals surface area contributed by atoms with E-state index in [0.29, 0.717) is 6.42 Å². The Hall–Kier alpha value is -0.290. The fourth-order valence-corrected chi connectivity index (χ4v) is 1.22. The quantitative estimate of drug-likeness (QED) is 0.604. The SMILES string of the molecule is OC[C@@H]1CC[C@@H](C(F)(F)F)N1. The Balaban J connectivity index is 2.42. The molecule has 0 spiro atoms. The molecular formula is C6H10F3NO. The first kappa shape index (κ1) is 8.80. The van der Waals surface area contributed by atoms with Crippen LogP contribution in [-0.4, -0.2) is 30.0 Å². The van der Waals surface area contributed by atoms with E-state index >= 15 is 0 Å². The van der Waals surface area contributed by atoms with Crippen molar-refractivity contribution >= 4 is 0 Å². The van der Waals surface area contributed by atoms with Crippen molar-refractivity contribution < 1.29 is 18.3 Å². The second-order valence-electron chi connectivity index (χ2n) is 2.72. The van der Waals surface area contributed by atoms with Gasteiger partial charge in [-0.1, -0.05) is 0 Å². The molecule has 5 heteroatoms. The standard InChI is InChI=1S/C6H10F3NO/c7-6(8,9)5-2-1-4(3-11)10-5/h4-5,10-11H,1-3H2/t4-,5-/m0/s1. The van der Waals surface area contributed by atoms with Gasteiger partial charge in [0.05, 0.1) is 6.61 Å². The smallest absolute Gasteiger partial charge is 0.395 e. The Labute approximate surface area is 62.4 Å². The summed E-state index contributed by atoms with van der Waals surface area (Å²) in [4.78, 5) is 0. The lowest BCUT2D eigenvalue weighted by Crippen LogP contribution is -2.41. The lowest BCUT2D eigenvalue weighted by atomic mass is 10.2. The van der Waals surface area contributed by atoms with Gasteiger partial charge in [0.1, 0.15) is 6.04 Å². The molecule has 1 rings (SSSR count). The minimum atomic E-state index is -4.16. The summed E-state index contributed by atoms with van der Waals surface area (Å²) in [6.07, 6.45) is -3.68. The number of hydrogen-bond acceptors (Lipinski definition) is 2. The van der Waals surface area contributed by atoms with E-state index in [2.05, 4.69) is 5.32 Å². The van der Waals surface area contributed by atoms with Crippen LogP contribution in [0, 0.1) is 0 Å². The molecule has 0 aromatic rings. The molecule has 0 aromatic heterocycles. The highest BCUT2D eigenvalue weighted by Gasteiger charge is 2.43. The highest BCUT2D eigenvalue weighted by molar-refractivity contribution is 4.87. The third-order valence-electron chi connectivity index (χ3n) is 1.86. The molecule has 2 atom stereocenters. The molecule has 0 unspecified atom stereocenters. The summed E-state index contributed by atoms with van der Waals surface area (Å²) < 4.78 is 35.8. The Bertz CT molecular complexity index is 136. The molecular weight excluding hydrogens is 159 g/mol. The number of hydrogen-bond donors (Lipinski definition) is 2. The van der Waals surface area contributed by atoms with E-state index in [1.807, 2.05) is 0 Å². The average Bonchev–Trinajstić information content (AvgIpc) is 2.32. The molecule has 0 radical (unpaired) electrons. The van der Waals surface area contributed by atoms with E-state index in [1.54, 1.807) is 0 Å². The van der Waals surface area contributed by atoms with E-state index in [1.165, 1.54) is 0 Å². The fourth-order valence-electron chi connectivity index (χ4n) is 1.22. The first-order chi connectivity index (χ1) is 5.04. The van der Waals surface area contributed by atoms with Crippen molar-refractivity contribution in [3.05, 3.63) is 0 Å². The van der Waals surface area contributed by atoms with Gasteiger partial charge in [-0.3, -0.25) is 0 Å². The Morgan fingerprint density at radius 2 is 2.00 bits per heavy atom. The molecule has 0 amide bonds. The molecule has 1 heterocycles. The van der Waals surface area contributed by atoms with Gasteiger partial charge in [-0.2, -0.15) is 13.2 Å². The molecule has 1 aliphatic heterocycles. The average molecular weight is 169 g/mol. The number of rotatable bonds is 1. The highest BCUT2D eigenvalue weighted by Crippen LogP contribution is 2.28. The van der Waals surface area contributed by atoms with E-state index in [4.69, 9.17) is 5.11 Å². The van der Waals surface area contributed by atoms with Crippen molar-refractivity contribution in [2.24, 2.45) is 0 Å². The van der Waals surface area contributed by atoms with Crippen LogP contribution >= 0.6 is 0 Å². The van der Waals surface area contributed by atoms with Crippen LogP contribution in [0.1, 0.15) is 12.8 Å². The van der Waals surface area contributed by atoms with Crippen LogP contribution in [0.15, 0.2) is 0 Å². The first-order valence-corrected chi connectivity index (χ1v) is 3.47. The van der Waals surface area contributed by atoms with E-state index < -0.39 is 12.2 Å².